The Kier molecular flexibility index (Phi) is 5.70. The van der Waals surface area contributed by atoms with Gasteiger partial charge in [0.1, 0.15) is 12.4 Å². The smallest absolute Gasteiger partial charge is 0.241 e. The van der Waals surface area contributed by atoms with Gasteiger partial charge in [0.15, 0.2) is 0 Å². The van der Waals surface area contributed by atoms with E-state index < -0.39 is 15.6 Å². The van der Waals surface area contributed by atoms with Crippen molar-refractivity contribution in [3.8, 4) is 5.75 Å². The van der Waals surface area contributed by atoms with Gasteiger partial charge in [-0.3, -0.25) is 4.79 Å². The molecule has 2 aromatic carbocycles. The Morgan fingerprint density at radius 3 is 2.64 bits per heavy atom. The van der Waals surface area contributed by atoms with Crippen LogP contribution in [0.3, 0.4) is 0 Å². The Labute approximate surface area is 170 Å². The van der Waals surface area contributed by atoms with E-state index >= 15 is 0 Å². The lowest BCUT2D eigenvalue weighted by molar-refractivity contribution is -0.121. The molecule has 0 radical (unpaired) electrons. The van der Waals surface area contributed by atoms with E-state index in [-0.39, 0.29) is 23.3 Å². The van der Waals surface area contributed by atoms with Crippen molar-refractivity contribution in [3.05, 3.63) is 53.1 Å². The van der Waals surface area contributed by atoms with Gasteiger partial charge in [-0.05, 0) is 69.2 Å². The number of sulfonamides is 1. The monoisotopic (exact) mass is 422 g/mol. The summed E-state index contributed by atoms with van der Waals surface area (Å²) in [5.74, 6) is 0.109. The van der Waals surface area contributed by atoms with Gasteiger partial charge in [-0.2, -0.15) is 0 Å². The summed E-state index contributed by atoms with van der Waals surface area (Å²) in [6.45, 7) is 5.56. The van der Waals surface area contributed by atoms with Crippen LogP contribution in [0.25, 0.3) is 0 Å². The minimum atomic E-state index is -3.69. The molecule has 1 aliphatic rings. The number of fused-ring (bicyclic) bond motifs is 1. The zero-order valence-corrected chi connectivity index (χ0v) is 17.5. The number of benzene rings is 2. The van der Waals surface area contributed by atoms with Crippen molar-refractivity contribution in [2.24, 2.45) is 5.92 Å². The van der Waals surface area contributed by atoms with Crippen LogP contribution in [-0.4, -0.2) is 26.5 Å². The molecule has 1 heterocycles. The third kappa shape index (κ3) is 5.04. The number of halogens is 1. The molecule has 2 N–H and O–H groups in total. The lowest BCUT2D eigenvalue weighted by atomic mass is 9.96. The Morgan fingerprint density at radius 2 is 1.93 bits per heavy atom. The molecule has 1 atom stereocenters. The molecule has 0 spiro atoms. The second-order valence-corrected chi connectivity index (χ2v) is 9.96. The molecular formula is C20H23ClN2O4S. The second kappa shape index (κ2) is 7.73. The van der Waals surface area contributed by atoms with E-state index in [1.54, 1.807) is 51.1 Å². The third-order valence-electron chi connectivity index (χ3n) is 4.15. The molecule has 1 amide bonds. The minimum absolute atomic E-state index is 0.0947. The fourth-order valence-corrected chi connectivity index (χ4v) is 4.64. The molecule has 0 fully saturated rings. The van der Waals surface area contributed by atoms with Crippen LogP contribution in [0.5, 0.6) is 5.75 Å². The van der Waals surface area contributed by atoms with Crippen LogP contribution in [0, 0.1) is 5.92 Å². The predicted octanol–water partition coefficient (Wildman–Crippen LogP) is 3.61. The minimum Gasteiger partial charge on any atom is -0.492 e. The first kappa shape index (κ1) is 20.6. The zero-order valence-electron chi connectivity index (χ0n) is 16.0. The van der Waals surface area contributed by atoms with Crippen LogP contribution in [0.2, 0.25) is 5.02 Å². The summed E-state index contributed by atoms with van der Waals surface area (Å²) < 4.78 is 33.3. The van der Waals surface area contributed by atoms with E-state index in [0.717, 1.165) is 11.3 Å². The van der Waals surface area contributed by atoms with Crippen molar-refractivity contribution in [2.75, 3.05) is 11.9 Å². The average molecular weight is 423 g/mol. The maximum absolute atomic E-state index is 12.7. The Bertz CT molecular complexity index is 1000. The van der Waals surface area contributed by atoms with Crippen molar-refractivity contribution in [1.29, 1.82) is 0 Å². The molecule has 0 bridgehead atoms. The van der Waals surface area contributed by atoms with E-state index in [0.29, 0.717) is 17.1 Å². The van der Waals surface area contributed by atoms with Gasteiger partial charge in [-0.15, -0.1) is 0 Å². The molecule has 28 heavy (non-hydrogen) atoms. The van der Waals surface area contributed by atoms with Crippen LogP contribution in [0.4, 0.5) is 5.69 Å². The highest BCUT2D eigenvalue weighted by Gasteiger charge is 2.27. The number of ether oxygens (including phenoxy) is 1. The molecule has 0 saturated carbocycles. The highest BCUT2D eigenvalue weighted by atomic mass is 35.5. The molecule has 1 aliphatic heterocycles. The third-order valence-corrected chi connectivity index (χ3v) is 6.14. The van der Waals surface area contributed by atoms with E-state index in [9.17, 15) is 13.2 Å². The van der Waals surface area contributed by atoms with Crippen molar-refractivity contribution in [1.82, 2.24) is 4.72 Å². The molecule has 8 heteroatoms. The summed E-state index contributed by atoms with van der Waals surface area (Å²) in [5.41, 5.74) is 0.690. The fraction of sp³-hybridized carbons (Fsp3) is 0.350. The summed E-state index contributed by atoms with van der Waals surface area (Å²) >= 11 is 6.02. The molecular weight excluding hydrogens is 400 g/mol. The number of carbonyl (C=O) groups is 1. The van der Waals surface area contributed by atoms with Gasteiger partial charge in [-0.25, -0.2) is 13.1 Å². The first-order chi connectivity index (χ1) is 13.0. The molecule has 3 rings (SSSR count). The molecule has 6 nitrogen and oxygen atoms in total. The van der Waals surface area contributed by atoms with E-state index in [1.807, 2.05) is 0 Å². The quantitative estimate of drug-likeness (QED) is 0.788. The maximum Gasteiger partial charge on any atom is 0.241 e. The summed E-state index contributed by atoms with van der Waals surface area (Å²) in [6.07, 6.45) is 0.505. The summed E-state index contributed by atoms with van der Waals surface area (Å²) in [4.78, 5) is 12.8. The predicted molar refractivity (Wildman–Crippen MR) is 109 cm³/mol. The number of hydrogen-bond acceptors (Lipinski definition) is 4. The lowest BCUT2D eigenvalue weighted by Crippen LogP contribution is -2.40. The van der Waals surface area contributed by atoms with Gasteiger partial charge in [0.2, 0.25) is 15.9 Å². The Hall–Kier alpha value is -2.09. The number of rotatable bonds is 4. The summed E-state index contributed by atoms with van der Waals surface area (Å²) in [6, 6.07) is 11.5. The summed E-state index contributed by atoms with van der Waals surface area (Å²) in [5, 5.41) is 3.38. The van der Waals surface area contributed by atoms with Crippen LogP contribution in [-0.2, 0) is 21.2 Å². The van der Waals surface area contributed by atoms with Gasteiger partial charge in [-0.1, -0.05) is 17.7 Å². The van der Waals surface area contributed by atoms with Gasteiger partial charge < -0.3 is 10.1 Å². The number of carbonyl (C=O) groups excluding carboxylic acids is 1. The topological polar surface area (TPSA) is 84.5 Å². The van der Waals surface area contributed by atoms with E-state index in [2.05, 4.69) is 10.0 Å². The van der Waals surface area contributed by atoms with Crippen LogP contribution < -0.4 is 14.8 Å². The lowest BCUT2D eigenvalue weighted by Gasteiger charge is -2.25. The fourth-order valence-electron chi connectivity index (χ4n) is 2.98. The van der Waals surface area contributed by atoms with E-state index in [4.69, 9.17) is 16.3 Å². The standard InChI is InChI=1S/C20H23ClN2O4S/c1-20(2,3)23-28(25,26)17-6-4-5-16(11-17)22-19(24)14-9-13-10-15(21)7-8-18(13)27-12-14/h4-8,10-11,14,23H,9,12H2,1-3H3,(H,22,24)/t14-/m1/s1. The van der Waals surface area contributed by atoms with Gasteiger partial charge in [0.25, 0.3) is 0 Å². The van der Waals surface area contributed by atoms with Crippen molar-refractivity contribution in [3.63, 3.8) is 0 Å². The number of hydrogen-bond donors (Lipinski definition) is 2. The average Bonchev–Trinajstić information content (AvgIpc) is 2.59. The van der Waals surface area contributed by atoms with Crippen LogP contribution in [0.1, 0.15) is 26.3 Å². The molecule has 0 saturated heterocycles. The summed E-state index contributed by atoms with van der Waals surface area (Å²) in [7, 11) is -3.69. The molecule has 150 valence electrons. The number of nitrogens with one attached hydrogen (secondary N) is 2. The Balaban J connectivity index is 1.73. The maximum atomic E-state index is 12.7. The first-order valence-corrected chi connectivity index (χ1v) is 10.8. The zero-order chi connectivity index (χ0) is 20.5. The van der Waals surface area contributed by atoms with Crippen molar-refractivity contribution in [2.45, 2.75) is 37.6 Å². The van der Waals surface area contributed by atoms with Gasteiger partial charge in [0, 0.05) is 16.2 Å². The Morgan fingerprint density at radius 1 is 1.18 bits per heavy atom. The normalized spacial score (nSPS) is 16.8. The molecule has 2 aromatic rings. The van der Waals surface area contributed by atoms with Crippen molar-refractivity contribution < 1.29 is 17.9 Å². The van der Waals surface area contributed by atoms with Crippen molar-refractivity contribution >= 4 is 33.2 Å². The van der Waals surface area contributed by atoms with E-state index in [1.165, 1.54) is 12.1 Å². The molecule has 0 aromatic heterocycles. The largest absolute Gasteiger partial charge is 0.492 e. The number of anilines is 1. The highest BCUT2D eigenvalue weighted by Crippen LogP contribution is 2.30. The molecule has 0 unspecified atom stereocenters. The number of amides is 1. The SMILES string of the molecule is CC(C)(C)NS(=O)(=O)c1cccc(NC(=O)[C@H]2COc3ccc(Cl)cc3C2)c1. The van der Waals surface area contributed by atoms with Gasteiger partial charge >= 0.3 is 0 Å². The second-order valence-electron chi connectivity index (χ2n) is 7.84. The first-order valence-electron chi connectivity index (χ1n) is 8.90. The molecule has 0 aliphatic carbocycles. The van der Waals surface area contributed by atoms with Crippen LogP contribution >= 0.6 is 11.6 Å². The van der Waals surface area contributed by atoms with Crippen LogP contribution in [0.15, 0.2) is 47.4 Å². The van der Waals surface area contributed by atoms with Gasteiger partial charge in [0.05, 0.1) is 10.8 Å². The highest BCUT2D eigenvalue weighted by molar-refractivity contribution is 7.89.